The van der Waals surface area contributed by atoms with Crippen LogP contribution in [0.15, 0.2) is 0 Å². The predicted molar refractivity (Wildman–Crippen MR) is 90.6 cm³/mol. The third-order valence-corrected chi connectivity index (χ3v) is 3.63. The molecule has 3 nitrogen and oxygen atoms in total. The molecule has 126 valence electrons. The number of nitrogens with one attached hydrogen (secondary N) is 1. The van der Waals surface area contributed by atoms with E-state index in [-0.39, 0.29) is 6.09 Å². The summed E-state index contributed by atoms with van der Waals surface area (Å²) in [7, 11) is 0. The predicted octanol–water partition coefficient (Wildman–Crippen LogP) is 5.68. The lowest BCUT2D eigenvalue weighted by Gasteiger charge is -2.17. The van der Waals surface area contributed by atoms with Crippen molar-refractivity contribution in [3.63, 3.8) is 0 Å². The van der Waals surface area contributed by atoms with E-state index in [9.17, 15) is 4.79 Å². The molecule has 21 heavy (non-hydrogen) atoms. The topological polar surface area (TPSA) is 38.3 Å². The second-order valence-corrected chi connectivity index (χ2v) is 7.16. The zero-order chi connectivity index (χ0) is 16.0. The lowest BCUT2D eigenvalue weighted by Crippen LogP contribution is -2.23. The van der Waals surface area contributed by atoms with Crippen LogP contribution in [0.1, 0.15) is 91.9 Å². The molecule has 0 spiro atoms. The summed E-state index contributed by atoms with van der Waals surface area (Å²) in [4.78, 5) is 11.0. The van der Waals surface area contributed by atoms with Crippen LogP contribution in [0.4, 0.5) is 4.79 Å². The molecule has 0 atom stereocenters. The SMILES string of the molecule is CCNC(=O)OCCCCCCCCCCCC(C)(C)C. The second-order valence-electron chi connectivity index (χ2n) is 7.16. The number of alkyl carbamates (subject to hydrolysis) is 1. The van der Waals surface area contributed by atoms with Crippen LogP contribution in [0.5, 0.6) is 0 Å². The van der Waals surface area contributed by atoms with Gasteiger partial charge in [-0.25, -0.2) is 4.79 Å². The molecule has 1 N–H and O–H groups in total. The van der Waals surface area contributed by atoms with E-state index in [1.807, 2.05) is 6.92 Å². The number of hydrogen-bond donors (Lipinski definition) is 1. The van der Waals surface area contributed by atoms with Crippen molar-refractivity contribution in [2.45, 2.75) is 91.9 Å². The van der Waals surface area contributed by atoms with Crippen LogP contribution < -0.4 is 5.32 Å². The lowest BCUT2D eigenvalue weighted by molar-refractivity contribution is 0.144. The molecular weight excluding hydrogens is 262 g/mol. The van der Waals surface area contributed by atoms with Crippen molar-refractivity contribution in [2.75, 3.05) is 13.2 Å². The first kappa shape index (κ1) is 20.3. The number of rotatable bonds is 12. The first-order valence-electron chi connectivity index (χ1n) is 8.86. The smallest absolute Gasteiger partial charge is 0.407 e. The average Bonchev–Trinajstić information content (AvgIpc) is 2.39. The Hall–Kier alpha value is -0.730. The van der Waals surface area contributed by atoms with Crippen LogP contribution in [0.25, 0.3) is 0 Å². The summed E-state index contributed by atoms with van der Waals surface area (Å²) >= 11 is 0. The molecule has 0 rings (SSSR count). The van der Waals surface area contributed by atoms with Gasteiger partial charge in [0.2, 0.25) is 0 Å². The minimum absolute atomic E-state index is 0.284. The number of unbranched alkanes of at least 4 members (excludes halogenated alkanes) is 8. The first-order valence-corrected chi connectivity index (χ1v) is 8.86. The van der Waals surface area contributed by atoms with E-state index in [2.05, 4.69) is 26.1 Å². The van der Waals surface area contributed by atoms with Crippen molar-refractivity contribution in [1.82, 2.24) is 5.32 Å². The maximum Gasteiger partial charge on any atom is 0.407 e. The highest BCUT2D eigenvalue weighted by Gasteiger charge is 2.08. The van der Waals surface area contributed by atoms with Crippen molar-refractivity contribution < 1.29 is 9.53 Å². The molecule has 0 bridgehead atoms. The summed E-state index contributed by atoms with van der Waals surface area (Å²) in [6, 6.07) is 0. The fourth-order valence-electron chi connectivity index (χ4n) is 2.36. The molecule has 0 saturated heterocycles. The molecule has 0 radical (unpaired) electrons. The van der Waals surface area contributed by atoms with Crippen LogP contribution in [-0.4, -0.2) is 19.2 Å². The van der Waals surface area contributed by atoms with Gasteiger partial charge < -0.3 is 10.1 Å². The Morgan fingerprint density at radius 2 is 1.33 bits per heavy atom. The summed E-state index contributed by atoms with van der Waals surface area (Å²) in [5.74, 6) is 0. The van der Waals surface area contributed by atoms with E-state index in [1.165, 1.54) is 57.8 Å². The Morgan fingerprint density at radius 3 is 1.81 bits per heavy atom. The molecular formula is C18H37NO2. The van der Waals surface area contributed by atoms with Gasteiger partial charge in [0.25, 0.3) is 0 Å². The number of ether oxygens (including phenoxy) is 1. The fraction of sp³-hybridized carbons (Fsp3) is 0.944. The van der Waals surface area contributed by atoms with Gasteiger partial charge >= 0.3 is 6.09 Å². The monoisotopic (exact) mass is 299 g/mol. The lowest BCUT2D eigenvalue weighted by atomic mass is 9.89. The molecule has 0 fully saturated rings. The van der Waals surface area contributed by atoms with Gasteiger partial charge in [0.1, 0.15) is 0 Å². The summed E-state index contributed by atoms with van der Waals surface area (Å²) in [5, 5.41) is 2.63. The normalized spacial score (nSPS) is 11.4. The fourth-order valence-corrected chi connectivity index (χ4v) is 2.36. The zero-order valence-corrected chi connectivity index (χ0v) is 14.8. The standard InChI is InChI=1S/C18H37NO2/c1-5-19-17(20)21-16-14-12-10-8-6-7-9-11-13-15-18(2,3)4/h5-16H2,1-4H3,(H,19,20). The number of amides is 1. The van der Waals surface area contributed by atoms with E-state index in [1.54, 1.807) is 0 Å². The van der Waals surface area contributed by atoms with Crippen molar-refractivity contribution in [3.05, 3.63) is 0 Å². The van der Waals surface area contributed by atoms with E-state index < -0.39 is 0 Å². The molecule has 0 aliphatic rings. The van der Waals surface area contributed by atoms with Gasteiger partial charge in [0.15, 0.2) is 0 Å². The van der Waals surface area contributed by atoms with Crippen molar-refractivity contribution in [1.29, 1.82) is 0 Å². The molecule has 0 aliphatic carbocycles. The minimum atomic E-state index is -0.284. The highest BCUT2D eigenvalue weighted by Crippen LogP contribution is 2.22. The molecule has 0 saturated carbocycles. The Morgan fingerprint density at radius 1 is 0.857 bits per heavy atom. The third kappa shape index (κ3) is 17.2. The zero-order valence-electron chi connectivity index (χ0n) is 14.8. The number of carbonyl (C=O) groups excluding carboxylic acids is 1. The van der Waals surface area contributed by atoms with E-state index in [0.29, 0.717) is 18.6 Å². The van der Waals surface area contributed by atoms with Gasteiger partial charge in [-0.15, -0.1) is 0 Å². The molecule has 0 aromatic carbocycles. The van der Waals surface area contributed by atoms with Gasteiger partial charge in [-0.3, -0.25) is 0 Å². The van der Waals surface area contributed by atoms with Gasteiger partial charge in [-0.1, -0.05) is 72.1 Å². The van der Waals surface area contributed by atoms with Gasteiger partial charge in [-0.2, -0.15) is 0 Å². The first-order chi connectivity index (χ1) is 9.95. The number of carbonyl (C=O) groups is 1. The molecule has 0 aromatic heterocycles. The molecule has 3 heteroatoms. The number of hydrogen-bond acceptors (Lipinski definition) is 2. The second kappa shape index (κ2) is 13.0. The average molecular weight is 299 g/mol. The highest BCUT2D eigenvalue weighted by molar-refractivity contribution is 5.66. The van der Waals surface area contributed by atoms with E-state index in [0.717, 1.165) is 6.42 Å². The van der Waals surface area contributed by atoms with Crippen molar-refractivity contribution in [2.24, 2.45) is 5.41 Å². The molecule has 0 aliphatic heterocycles. The maximum absolute atomic E-state index is 11.0. The van der Waals surface area contributed by atoms with Gasteiger partial charge in [-0.05, 0) is 25.2 Å². The van der Waals surface area contributed by atoms with Crippen LogP contribution in [0.3, 0.4) is 0 Å². The Kier molecular flexibility index (Phi) is 12.5. The van der Waals surface area contributed by atoms with Gasteiger partial charge in [0.05, 0.1) is 6.61 Å². The Bertz CT molecular complexity index is 246. The quantitative estimate of drug-likeness (QED) is 0.471. The van der Waals surface area contributed by atoms with Crippen LogP contribution in [0.2, 0.25) is 0 Å². The molecule has 0 aromatic rings. The van der Waals surface area contributed by atoms with E-state index >= 15 is 0 Å². The molecule has 1 amide bonds. The third-order valence-electron chi connectivity index (χ3n) is 3.63. The summed E-state index contributed by atoms with van der Waals surface area (Å²) in [6.45, 7) is 10.0. The molecule has 0 heterocycles. The maximum atomic E-state index is 11.0. The largest absolute Gasteiger partial charge is 0.450 e. The summed E-state index contributed by atoms with van der Waals surface area (Å²) < 4.78 is 5.03. The van der Waals surface area contributed by atoms with Crippen molar-refractivity contribution >= 4 is 6.09 Å². The van der Waals surface area contributed by atoms with Crippen molar-refractivity contribution in [3.8, 4) is 0 Å². The van der Waals surface area contributed by atoms with E-state index in [4.69, 9.17) is 4.74 Å². The van der Waals surface area contributed by atoms with Crippen LogP contribution in [0, 0.1) is 5.41 Å². The minimum Gasteiger partial charge on any atom is -0.450 e. The summed E-state index contributed by atoms with van der Waals surface area (Å²) in [5.41, 5.74) is 0.496. The van der Waals surface area contributed by atoms with Crippen LogP contribution >= 0.6 is 0 Å². The molecule has 0 unspecified atom stereocenters. The van der Waals surface area contributed by atoms with Crippen LogP contribution in [-0.2, 0) is 4.74 Å². The van der Waals surface area contributed by atoms with Gasteiger partial charge in [0, 0.05) is 6.54 Å². The summed E-state index contributed by atoms with van der Waals surface area (Å²) in [6.07, 6.45) is 12.7. The highest BCUT2D eigenvalue weighted by atomic mass is 16.5. The Labute approximate surface area is 132 Å². The Balaban J connectivity index is 3.11.